The van der Waals surface area contributed by atoms with E-state index >= 15 is 0 Å². The second kappa shape index (κ2) is 11.3. The van der Waals surface area contributed by atoms with Gasteiger partial charge in [0.25, 0.3) is 0 Å². The molecule has 0 amide bonds. The minimum atomic E-state index is -0.278. The molecule has 2 aromatic heterocycles. The second-order valence-corrected chi connectivity index (χ2v) is 8.04. The van der Waals surface area contributed by atoms with Crippen molar-refractivity contribution < 1.29 is 24.5 Å². The SMILES string of the molecule is CN1c2ccccc2N(C)c2c(-c3ccccn3)[c-]ccc21.Fc1c[c-]c(-c2ccccn2)cc1.[Ir]. The van der Waals surface area contributed by atoms with Gasteiger partial charge in [0.15, 0.2) is 0 Å². The van der Waals surface area contributed by atoms with Crippen molar-refractivity contribution in [2.75, 3.05) is 23.9 Å². The average molecular weight is 651 g/mol. The van der Waals surface area contributed by atoms with Crippen LogP contribution in [0.25, 0.3) is 22.5 Å². The number of halogens is 1. The standard InChI is InChI=1S/C19H16N3.C11H7FN.Ir/c1-21-16-10-3-4-11-17(16)22(2)19-14(8-7-12-18(19)21)15-9-5-6-13-20-15;12-10-6-4-9(5-7-10)11-3-1-2-8-13-11;/h3-7,9-13H,1-2H3;1-4,6-8H;/q2*-1;. The topological polar surface area (TPSA) is 32.3 Å². The smallest absolute Gasteiger partial charge is 0.0629 e. The summed E-state index contributed by atoms with van der Waals surface area (Å²) in [5.41, 5.74) is 8.29. The van der Waals surface area contributed by atoms with E-state index in [1.165, 1.54) is 29.2 Å². The molecular formula is C30H23FIrN4-2. The van der Waals surface area contributed by atoms with Gasteiger partial charge in [-0.1, -0.05) is 42.0 Å². The third-order valence-corrected chi connectivity index (χ3v) is 5.89. The van der Waals surface area contributed by atoms with E-state index in [0.717, 1.165) is 28.2 Å². The zero-order valence-corrected chi connectivity index (χ0v) is 22.2. The molecule has 0 N–H and O–H groups in total. The van der Waals surface area contributed by atoms with Crippen LogP contribution >= 0.6 is 0 Å². The van der Waals surface area contributed by atoms with Crippen LogP contribution in [0.3, 0.4) is 0 Å². The van der Waals surface area contributed by atoms with Crippen LogP contribution in [-0.4, -0.2) is 24.1 Å². The molecule has 0 fully saturated rings. The number of benzene rings is 3. The summed E-state index contributed by atoms with van der Waals surface area (Å²) in [5, 5.41) is 0. The maximum atomic E-state index is 12.6. The van der Waals surface area contributed by atoms with E-state index in [4.69, 9.17) is 0 Å². The minimum Gasteiger partial charge on any atom is -0.381 e. The quantitative estimate of drug-likeness (QED) is 0.191. The Morgan fingerprint density at radius 1 is 0.667 bits per heavy atom. The first-order valence-corrected chi connectivity index (χ1v) is 11.2. The molecule has 0 bridgehead atoms. The summed E-state index contributed by atoms with van der Waals surface area (Å²) < 4.78 is 12.6. The van der Waals surface area contributed by atoms with Gasteiger partial charge in [-0.25, -0.2) is 0 Å². The van der Waals surface area contributed by atoms with Gasteiger partial charge in [-0.15, -0.1) is 48.0 Å². The predicted octanol–water partition coefficient (Wildman–Crippen LogP) is 7.08. The average Bonchev–Trinajstić information content (AvgIpc) is 2.93. The molecule has 0 unspecified atom stereocenters. The van der Waals surface area contributed by atoms with Gasteiger partial charge in [0.05, 0.1) is 11.4 Å². The van der Waals surface area contributed by atoms with Crippen LogP contribution in [0.5, 0.6) is 0 Å². The second-order valence-electron chi connectivity index (χ2n) is 8.04. The Hall–Kier alpha value is -3.86. The molecule has 0 saturated heterocycles. The molecule has 3 aromatic carbocycles. The van der Waals surface area contributed by atoms with E-state index < -0.39 is 0 Å². The van der Waals surface area contributed by atoms with Crippen molar-refractivity contribution in [3.05, 3.63) is 121 Å². The van der Waals surface area contributed by atoms with Crippen LogP contribution in [0.2, 0.25) is 0 Å². The Labute approximate surface area is 224 Å². The molecule has 6 rings (SSSR count). The van der Waals surface area contributed by atoms with Crippen LogP contribution in [0, 0.1) is 17.9 Å². The molecule has 6 heteroatoms. The largest absolute Gasteiger partial charge is 0.381 e. The maximum absolute atomic E-state index is 12.6. The Kier molecular flexibility index (Phi) is 7.89. The van der Waals surface area contributed by atoms with Gasteiger partial charge < -0.3 is 19.8 Å². The monoisotopic (exact) mass is 651 g/mol. The number of anilines is 4. The predicted molar refractivity (Wildman–Crippen MR) is 140 cm³/mol. The van der Waals surface area contributed by atoms with Crippen molar-refractivity contribution >= 4 is 22.7 Å². The fourth-order valence-corrected chi connectivity index (χ4v) is 4.16. The first kappa shape index (κ1) is 25.2. The minimum absolute atomic E-state index is 0. The van der Waals surface area contributed by atoms with Crippen LogP contribution < -0.4 is 9.80 Å². The van der Waals surface area contributed by atoms with E-state index in [0.29, 0.717) is 0 Å². The van der Waals surface area contributed by atoms with Crippen molar-refractivity contribution in [2.24, 2.45) is 0 Å². The molecule has 0 aliphatic carbocycles. The first-order chi connectivity index (χ1) is 17.1. The van der Waals surface area contributed by atoms with Gasteiger partial charge in [0.1, 0.15) is 0 Å². The number of rotatable bonds is 2. The number of hydrogen-bond acceptors (Lipinski definition) is 4. The van der Waals surface area contributed by atoms with Gasteiger partial charge in [0.2, 0.25) is 0 Å². The molecule has 0 spiro atoms. The van der Waals surface area contributed by atoms with Gasteiger partial charge >= 0.3 is 0 Å². The summed E-state index contributed by atoms with van der Waals surface area (Å²) in [5.74, 6) is -0.278. The van der Waals surface area contributed by atoms with E-state index in [2.05, 4.69) is 76.3 Å². The molecule has 1 aliphatic rings. The Morgan fingerprint density at radius 2 is 1.31 bits per heavy atom. The Bertz CT molecular complexity index is 1430. The number of para-hydroxylation sites is 2. The fourth-order valence-electron chi connectivity index (χ4n) is 4.16. The van der Waals surface area contributed by atoms with Gasteiger partial charge in [-0.3, -0.25) is 4.39 Å². The van der Waals surface area contributed by atoms with E-state index in [-0.39, 0.29) is 25.9 Å². The van der Waals surface area contributed by atoms with Crippen molar-refractivity contribution in [3.8, 4) is 22.5 Å². The zero-order chi connectivity index (χ0) is 24.2. The molecule has 5 aromatic rings. The van der Waals surface area contributed by atoms with E-state index in [9.17, 15) is 4.39 Å². The van der Waals surface area contributed by atoms with Gasteiger partial charge in [-0.2, -0.15) is 0 Å². The van der Waals surface area contributed by atoms with Crippen molar-refractivity contribution in [2.45, 2.75) is 0 Å². The van der Waals surface area contributed by atoms with Crippen LogP contribution in [0.1, 0.15) is 0 Å². The zero-order valence-electron chi connectivity index (χ0n) is 19.8. The van der Waals surface area contributed by atoms with Crippen molar-refractivity contribution in [1.29, 1.82) is 0 Å². The van der Waals surface area contributed by atoms with Crippen molar-refractivity contribution in [1.82, 2.24) is 9.97 Å². The molecule has 1 aliphatic heterocycles. The Morgan fingerprint density at radius 3 is 1.92 bits per heavy atom. The summed E-state index contributed by atoms with van der Waals surface area (Å²) in [6, 6.07) is 34.6. The fraction of sp³-hybridized carbons (Fsp3) is 0.0667. The molecular weight excluding hydrogens is 628 g/mol. The third kappa shape index (κ3) is 5.06. The van der Waals surface area contributed by atoms with E-state index in [1.54, 1.807) is 12.3 Å². The molecule has 4 nitrogen and oxygen atoms in total. The molecule has 3 heterocycles. The van der Waals surface area contributed by atoms with Crippen LogP contribution in [0.15, 0.2) is 103 Å². The summed E-state index contributed by atoms with van der Waals surface area (Å²) in [4.78, 5) is 13.1. The van der Waals surface area contributed by atoms with Gasteiger partial charge in [-0.05, 0) is 47.0 Å². The number of pyridine rings is 2. The third-order valence-electron chi connectivity index (χ3n) is 5.89. The first-order valence-electron chi connectivity index (χ1n) is 11.2. The van der Waals surface area contributed by atoms with E-state index in [1.807, 2.05) is 48.7 Å². The molecule has 0 saturated carbocycles. The Balaban J connectivity index is 0.000000187. The normalized spacial score (nSPS) is 11.4. The number of aromatic nitrogens is 2. The number of nitrogens with zero attached hydrogens (tertiary/aromatic N) is 4. The summed E-state index contributed by atoms with van der Waals surface area (Å²) in [6.07, 6.45) is 3.52. The maximum Gasteiger partial charge on any atom is 0.0629 e. The summed E-state index contributed by atoms with van der Waals surface area (Å²) in [6.45, 7) is 0. The summed E-state index contributed by atoms with van der Waals surface area (Å²) in [7, 11) is 4.21. The molecule has 1 radical (unpaired) electrons. The molecule has 0 atom stereocenters. The van der Waals surface area contributed by atoms with Crippen LogP contribution in [0.4, 0.5) is 27.1 Å². The van der Waals surface area contributed by atoms with Gasteiger partial charge in [0, 0.05) is 52.4 Å². The summed E-state index contributed by atoms with van der Waals surface area (Å²) >= 11 is 0. The van der Waals surface area contributed by atoms with Crippen molar-refractivity contribution in [3.63, 3.8) is 0 Å². The van der Waals surface area contributed by atoms with Crippen LogP contribution in [-0.2, 0) is 20.1 Å². The number of fused-ring (bicyclic) bond motifs is 2. The molecule has 36 heavy (non-hydrogen) atoms. The molecule has 181 valence electrons. The number of hydrogen-bond donors (Lipinski definition) is 0.